The molecule has 0 amide bonds. The van der Waals surface area contributed by atoms with Gasteiger partial charge in [0.2, 0.25) is 0 Å². The molecular formula is C35H52O7P2. The van der Waals surface area contributed by atoms with E-state index in [1.165, 1.54) is 0 Å². The number of phosphoric acid groups is 2. The van der Waals surface area contributed by atoms with E-state index < -0.39 is 26.7 Å². The summed E-state index contributed by atoms with van der Waals surface area (Å²) < 4.78 is 59.0. The fourth-order valence-electron chi connectivity index (χ4n) is 7.02. The highest BCUT2D eigenvalue weighted by molar-refractivity contribution is 7.62. The molecule has 0 aliphatic carbocycles. The van der Waals surface area contributed by atoms with Crippen molar-refractivity contribution in [3.8, 4) is 0 Å². The summed E-state index contributed by atoms with van der Waals surface area (Å²) in [5.74, 6) is 0. The van der Waals surface area contributed by atoms with Gasteiger partial charge in [0.1, 0.15) is 5.60 Å². The van der Waals surface area contributed by atoms with E-state index in [4.69, 9.17) is 22.4 Å². The van der Waals surface area contributed by atoms with Crippen LogP contribution in [0.15, 0.2) is 24.3 Å². The molecular weight excluding hydrogens is 594 g/mol. The fraction of sp³-hybridized carbons (Fsp3) is 0.657. The number of phosphoric ester groups is 2. The first kappa shape index (κ1) is 34.0. The molecule has 6 aliphatic heterocycles. The van der Waals surface area contributed by atoms with Gasteiger partial charge in [0.25, 0.3) is 0 Å². The highest BCUT2D eigenvalue weighted by Crippen LogP contribution is 2.79. The second-order valence-electron chi connectivity index (χ2n) is 17.3. The number of benzene rings is 2. The van der Waals surface area contributed by atoms with E-state index in [0.29, 0.717) is 0 Å². The summed E-state index contributed by atoms with van der Waals surface area (Å²) in [5, 5.41) is 0. The van der Waals surface area contributed by atoms with E-state index >= 15 is 0 Å². The number of rotatable bonds is 2. The van der Waals surface area contributed by atoms with Crippen molar-refractivity contribution >= 4 is 15.6 Å². The summed E-state index contributed by atoms with van der Waals surface area (Å²) in [7, 11) is -8.65. The van der Waals surface area contributed by atoms with E-state index in [1.54, 1.807) is 0 Å². The monoisotopic (exact) mass is 646 g/mol. The second kappa shape index (κ2) is 10.1. The summed E-state index contributed by atoms with van der Waals surface area (Å²) in [5.41, 5.74) is 4.57. The molecule has 244 valence electrons. The van der Waals surface area contributed by atoms with Crippen LogP contribution in [-0.4, -0.2) is 19.8 Å². The van der Waals surface area contributed by atoms with Crippen molar-refractivity contribution in [3.63, 3.8) is 0 Å². The standard InChI is InChI=1S/C35H52O7P2/c1-22-15-24(30(3,4)5)28(25(16-22)31(6,7)8)35(29-26(32(9,10)11)17-23(2)18-27(29)33(12,13)14)34-19-38-43(36,39-20-34)42-44(37,41-35)40-21-34/h15-18H,19-21H2,1-14H3. The molecule has 6 heterocycles. The zero-order valence-electron chi connectivity index (χ0n) is 29.2. The van der Waals surface area contributed by atoms with Crippen LogP contribution in [0.4, 0.5) is 0 Å². The minimum absolute atomic E-state index is 0.0215. The van der Waals surface area contributed by atoms with Gasteiger partial charge in [-0.3, -0.25) is 18.1 Å². The van der Waals surface area contributed by atoms with Gasteiger partial charge in [-0.1, -0.05) is 118 Å². The molecule has 0 N–H and O–H groups in total. The largest absolute Gasteiger partial charge is 0.484 e. The molecule has 1 spiro atoms. The maximum Gasteiger partial charge on any atom is 0.484 e. The third-order valence-corrected chi connectivity index (χ3v) is 12.6. The van der Waals surface area contributed by atoms with E-state index in [9.17, 15) is 9.13 Å². The van der Waals surface area contributed by atoms with Crippen LogP contribution in [0.2, 0.25) is 0 Å². The number of hydrogen-bond donors (Lipinski definition) is 0. The summed E-state index contributed by atoms with van der Waals surface area (Å²) in [6, 6.07) is 8.92. The Labute approximate surface area is 265 Å². The Morgan fingerprint density at radius 1 is 0.545 bits per heavy atom. The van der Waals surface area contributed by atoms with Crippen molar-refractivity contribution in [3.05, 3.63) is 68.8 Å². The molecule has 7 nitrogen and oxygen atoms in total. The van der Waals surface area contributed by atoms with Crippen LogP contribution in [0.3, 0.4) is 0 Å². The zero-order chi connectivity index (χ0) is 33.1. The van der Waals surface area contributed by atoms with Crippen LogP contribution in [0, 0.1) is 19.3 Å². The predicted octanol–water partition coefficient (Wildman–Crippen LogP) is 10.1. The van der Waals surface area contributed by atoms with E-state index in [1.807, 2.05) is 0 Å². The molecule has 6 fully saturated rings. The lowest BCUT2D eigenvalue weighted by atomic mass is 9.56. The molecule has 1 atom stereocenters. The van der Waals surface area contributed by atoms with Crippen molar-refractivity contribution in [2.24, 2.45) is 5.41 Å². The lowest BCUT2D eigenvalue weighted by Crippen LogP contribution is -2.63. The van der Waals surface area contributed by atoms with E-state index in [-0.39, 0.29) is 41.5 Å². The Morgan fingerprint density at radius 3 is 1.14 bits per heavy atom. The lowest BCUT2D eigenvalue weighted by molar-refractivity contribution is -0.190. The van der Waals surface area contributed by atoms with E-state index in [2.05, 4.69) is 121 Å². The molecule has 6 aliphatic rings. The van der Waals surface area contributed by atoms with Crippen molar-refractivity contribution < 1.29 is 31.5 Å². The molecule has 2 aromatic rings. The molecule has 9 heteroatoms. The zero-order valence-corrected chi connectivity index (χ0v) is 31.0. The first-order valence-corrected chi connectivity index (χ1v) is 18.6. The Hall–Kier alpha value is -1.30. The molecule has 6 saturated heterocycles. The molecule has 1 unspecified atom stereocenters. The first-order valence-electron chi connectivity index (χ1n) is 15.7. The minimum atomic E-state index is -4.49. The van der Waals surface area contributed by atoms with Gasteiger partial charge in [0.15, 0.2) is 0 Å². The van der Waals surface area contributed by atoms with Gasteiger partial charge in [0.05, 0.1) is 25.2 Å². The van der Waals surface area contributed by atoms with Gasteiger partial charge in [-0.25, -0.2) is 9.13 Å². The molecule has 8 rings (SSSR count). The summed E-state index contributed by atoms with van der Waals surface area (Å²) in [4.78, 5) is 0. The van der Waals surface area contributed by atoms with Crippen LogP contribution in [0.5, 0.6) is 0 Å². The van der Waals surface area contributed by atoms with Crippen LogP contribution >= 0.6 is 15.6 Å². The van der Waals surface area contributed by atoms with Crippen LogP contribution in [-0.2, 0) is 58.8 Å². The second-order valence-corrected chi connectivity index (χ2v) is 20.7. The Bertz CT molecular complexity index is 1420. The number of hydrogen-bond acceptors (Lipinski definition) is 7. The van der Waals surface area contributed by atoms with Crippen molar-refractivity contribution in [2.75, 3.05) is 19.8 Å². The highest BCUT2D eigenvalue weighted by atomic mass is 31.3. The van der Waals surface area contributed by atoms with Crippen molar-refractivity contribution in [1.29, 1.82) is 0 Å². The smallest absolute Gasteiger partial charge is 0.286 e. The molecule has 0 radical (unpaired) electrons. The van der Waals surface area contributed by atoms with Gasteiger partial charge in [-0.15, -0.1) is 0 Å². The van der Waals surface area contributed by atoms with Crippen LogP contribution in [0.1, 0.15) is 128 Å². The van der Waals surface area contributed by atoms with Gasteiger partial charge in [0, 0.05) is 0 Å². The van der Waals surface area contributed by atoms with Crippen LogP contribution < -0.4 is 0 Å². The molecule has 0 aromatic heterocycles. The van der Waals surface area contributed by atoms with E-state index in [0.717, 1.165) is 44.5 Å². The quantitative estimate of drug-likeness (QED) is 0.300. The van der Waals surface area contributed by atoms with Crippen molar-refractivity contribution in [1.82, 2.24) is 0 Å². The molecule has 2 aromatic carbocycles. The van der Waals surface area contributed by atoms with Gasteiger partial charge in [-0.2, -0.15) is 4.31 Å². The lowest BCUT2D eigenvalue weighted by Gasteiger charge is -2.60. The molecule has 44 heavy (non-hydrogen) atoms. The van der Waals surface area contributed by atoms with Crippen molar-refractivity contribution in [2.45, 2.75) is 124 Å². The SMILES string of the molecule is Cc1cc(C(C)(C)C)c(C2(c3c(C(C)(C)C)cc(C)cc3C(C)(C)C)OP3(=O)OCC24COP(=O)(OC4)O3)c(C(C)(C)C)c1. The Morgan fingerprint density at radius 2 is 0.841 bits per heavy atom. The van der Waals surface area contributed by atoms with Gasteiger partial charge >= 0.3 is 15.6 Å². The topological polar surface area (TPSA) is 80.3 Å². The normalized spacial score (nSPS) is 29.0. The highest BCUT2D eigenvalue weighted by Gasteiger charge is 2.72. The average Bonchev–Trinajstić information content (AvgIpc) is 2.83. The first-order chi connectivity index (χ1) is 19.8. The minimum Gasteiger partial charge on any atom is -0.286 e. The summed E-state index contributed by atoms with van der Waals surface area (Å²) in [6.45, 7) is 30.6. The Kier molecular flexibility index (Phi) is 7.81. The van der Waals surface area contributed by atoms with Gasteiger partial charge in [-0.05, 0) is 68.9 Å². The third-order valence-electron chi connectivity index (χ3n) is 9.19. The molecule has 0 saturated carbocycles. The third kappa shape index (κ3) is 5.43. The van der Waals surface area contributed by atoms with Crippen LogP contribution in [0.25, 0.3) is 0 Å². The van der Waals surface area contributed by atoms with Gasteiger partial charge < -0.3 is 0 Å². The fourth-order valence-corrected chi connectivity index (χ4v) is 10.8. The number of aryl methyl sites for hydroxylation is 2. The maximum atomic E-state index is 14.7. The molecule has 3 bridgehead atoms. The summed E-state index contributed by atoms with van der Waals surface area (Å²) >= 11 is 0. The predicted molar refractivity (Wildman–Crippen MR) is 176 cm³/mol. The maximum absolute atomic E-state index is 14.7. The average molecular weight is 647 g/mol. The Balaban J connectivity index is 2.15. The summed E-state index contributed by atoms with van der Waals surface area (Å²) in [6.07, 6.45) is 0.